The van der Waals surface area contributed by atoms with Gasteiger partial charge in [0.1, 0.15) is 0 Å². The Labute approximate surface area is 99.0 Å². The summed E-state index contributed by atoms with van der Waals surface area (Å²) in [7, 11) is -4.67. The van der Waals surface area contributed by atoms with Crippen LogP contribution in [0.25, 0.3) is 0 Å². The van der Waals surface area contributed by atoms with E-state index in [0.29, 0.717) is 12.2 Å². The molecule has 8 nitrogen and oxygen atoms in total. The van der Waals surface area contributed by atoms with Crippen LogP contribution in [0.5, 0.6) is 0 Å². The Balaban J connectivity index is -0.000000177. The molecule has 2 radical (unpaired) electrons. The molecule has 0 atom stereocenters. The van der Waals surface area contributed by atoms with Crippen molar-refractivity contribution >= 4 is 49.6 Å². The predicted molar refractivity (Wildman–Crippen MR) is 47.1 cm³/mol. The van der Waals surface area contributed by atoms with Crippen molar-refractivity contribution in [2.24, 2.45) is 0 Å². The molecule has 0 saturated heterocycles. The Morgan fingerprint density at radius 2 is 1.07 bits per heavy atom. The molecule has 0 aromatic rings. The van der Waals surface area contributed by atoms with Gasteiger partial charge in [-0.05, 0) is 0 Å². The third-order valence-corrected chi connectivity index (χ3v) is 0.368. The Morgan fingerprint density at radius 3 is 1.14 bits per heavy atom. The maximum atomic E-state index is 9.55. The number of aliphatic carboxylic acids is 2. The molecule has 0 rings (SSSR count). The summed E-state index contributed by atoms with van der Waals surface area (Å²) in [6.45, 7) is 0. The summed E-state index contributed by atoms with van der Waals surface area (Å²) < 4.78 is 31.6. The summed E-state index contributed by atoms with van der Waals surface area (Å²) in [4.78, 5) is 19.1. The van der Waals surface area contributed by atoms with Crippen LogP contribution in [0.1, 0.15) is 0 Å². The Morgan fingerprint density at radius 1 is 0.929 bits per heavy atom. The summed E-state index contributed by atoms with van der Waals surface area (Å²) >= 11 is 0. The second-order valence-corrected chi connectivity index (χ2v) is 2.35. The summed E-state index contributed by atoms with van der Waals surface area (Å²) in [6, 6.07) is 0. The van der Waals surface area contributed by atoms with Gasteiger partial charge in [-0.3, -0.25) is 9.11 Å². The van der Waals surface area contributed by atoms with Crippen LogP contribution in [0.15, 0.2) is 12.2 Å². The molecule has 0 spiro atoms. The molecule has 10 heteroatoms. The quantitative estimate of drug-likeness (QED) is 0.230. The maximum absolute atomic E-state index is 9.55. The van der Waals surface area contributed by atoms with Crippen LogP contribution in [0.2, 0.25) is 0 Å². The first-order valence-electron chi connectivity index (χ1n) is 2.46. The van der Waals surface area contributed by atoms with Gasteiger partial charge >= 0.3 is 49.6 Å². The van der Waals surface area contributed by atoms with Crippen molar-refractivity contribution in [2.45, 2.75) is 0 Å². The second kappa shape index (κ2) is 9.04. The molecule has 14 heavy (non-hydrogen) atoms. The fourth-order valence-electron chi connectivity index (χ4n) is 0.143. The standard InChI is InChI=1S/C4H4O4.H2O4S.Pb.2H/c5-3(6)1-2-4(7)8;1-5(2,3)4;;;/h1-2H,(H,5,6)(H,7,8);(H2,1,2,3,4);;;/b2-1-;;;;. The molecule has 82 valence electrons. The number of hydrogen-bond acceptors (Lipinski definition) is 4. The second-order valence-electron chi connectivity index (χ2n) is 1.46. The fourth-order valence-corrected chi connectivity index (χ4v) is 0.143. The molecule has 0 aromatic heterocycles. The minimum absolute atomic E-state index is 0. The molecule has 0 amide bonds. The number of carboxylic acids is 2. The van der Waals surface area contributed by atoms with Gasteiger partial charge in [-0.2, -0.15) is 8.42 Å². The van der Waals surface area contributed by atoms with E-state index in [1.165, 1.54) is 0 Å². The van der Waals surface area contributed by atoms with Gasteiger partial charge in [-0.15, -0.1) is 0 Å². The predicted octanol–water partition coefficient (Wildman–Crippen LogP) is -1.86. The number of carbonyl (C=O) groups is 2. The third-order valence-electron chi connectivity index (χ3n) is 0.368. The van der Waals surface area contributed by atoms with E-state index >= 15 is 0 Å². The van der Waals surface area contributed by atoms with E-state index in [9.17, 15) is 9.59 Å². The van der Waals surface area contributed by atoms with Crippen LogP contribution in [-0.4, -0.2) is 67.0 Å². The van der Waals surface area contributed by atoms with Gasteiger partial charge in [0.05, 0.1) is 0 Å². The Bertz CT molecular complexity index is 279. The summed E-state index contributed by atoms with van der Waals surface area (Å²) in [5, 5.41) is 15.6. The van der Waals surface area contributed by atoms with Crippen molar-refractivity contribution in [1.82, 2.24) is 0 Å². The van der Waals surface area contributed by atoms with Crippen molar-refractivity contribution < 1.29 is 37.3 Å². The van der Waals surface area contributed by atoms with E-state index in [1.54, 1.807) is 0 Å². The molecule has 0 aliphatic rings. The number of hydrogen-bond donors (Lipinski definition) is 4. The monoisotopic (exact) mass is 424 g/mol. The molecular formula is C4H8O8PbS. The van der Waals surface area contributed by atoms with E-state index < -0.39 is 22.3 Å². The van der Waals surface area contributed by atoms with Crippen molar-refractivity contribution in [2.75, 3.05) is 0 Å². The normalized spacial score (nSPS) is 9.57. The van der Waals surface area contributed by atoms with Gasteiger partial charge < -0.3 is 10.2 Å². The zero-order valence-electron chi connectivity index (χ0n) is 6.69. The van der Waals surface area contributed by atoms with Crippen LogP contribution in [0.4, 0.5) is 0 Å². The van der Waals surface area contributed by atoms with Crippen molar-refractivity contribution in [1.29, 1.82) is 0 Å². The van der Waals surface area contributed by atoms with Crippen molar-refractivity contribution in [3.8, 4) is 0 Å². The third kappa shape index (κ3) is 62.9. The van der Waals surface area contributed by atoms with E-state index in [-0.39, 0.29) is 27.3 Å². The molecule has 0 heterocycles. The van der Waals surface area contributed by atoms with Crippen LogP contribution >= 0.6 is 0 Å². The zero-order chi connectivity index (χ0) is 11.1. The van der Waals surface area contributed by atoms with Gasteiger partial charge in [0, 0.05) is 12.2 Å². The van der Waals surface area contributed by atoms with Crippen LogP contribution in [0, 0.1) is 0 Å². The summed E-state index contributed by atoms with van der Waals surface area (Å²) in [5.41, 5.74) is 0. The first-order valence-corrected chi connectivity index (χ1v) is 3.86. The van der Waals surface area contributed by atoms with E-state index in [4.69, 9.17) is 27.7 Å². The van der Waals surface area contributed by atoms with Gasteiger partial charge in [0.25, 0.3) is 0 Å². The van der Waals surface area contributed by atoms with E-state index in [1.807, 2.05) is 0 Å². The average molecular weight is 423 g/mol. The SMILES string of the molecule is O=C(O)/C=C\C(=O)O.O=S(=O)(O)O.[PbH2]. The minimum atomic E-state index is -4.67. The van der Waals surface area contributed by atoms with Crippen molar-refractivity contribution in [3.63, 3.8) is 0 Å². The first kappa shape index (κ1) is 19.1. The van der Waals surface area contributed by atoms with E-state index in [0.717, 1.165) is 0 Å². The van der Waals surface area contributed by atoms with Gasteiger partial charge in [0.2, 0.25) is 0 Å². The number of carboxylic acid groups (broad SMARTS) is 2. The molecule has 4 N–H and O–H groups in total. The molecule has 0 bridgehead atoms. The van der Waals surface area contributed by atoms with Gasteiger partial charge in [-0.25, -0.2) is 9.59 Å². The number of rotatable bonds is 2. The molecule has 0 fully saturated rings. The molecule has 0 aromatic carbocycles. The summed E-state index contributed by atoms with van der Waals surface area (Å²) in [6.07, 6.45) is 1.12. The first-order chi connectivity index (χ1) is 5.63. The topological polar surface area (TPSA) is 149 Å². The average Bonchev–Trinajstić information content (AvgIpc) is 1.79. The van der Waals surface area contributed by atoms with Gasteiger partial charge in [0.15, 0.2) is 0 Å². The van der Waals surface area contributed by atoms with Gasteiger partial charge in [-0.1, -0.05) is 0 Å². The zero-order valence-corrected chi connectivity index (χ0v) is 13.0. The van der Waals surface area contributed by atoms with Crippen LogP contribution in [-0.2, 0) is 20.0 Å². The fraction of sp³-hybridized carbons (Fsp3) is 0. The molecular weight excluding hydrogens is 415 g/mol. The molecule has 0 saturated carbocycles. The Hall–Kier alpha value is -0.528. The molecule has 0 aliphatic carbocycles. The molecule has 0 aliphatic heterocycles. The van der Waals surface area contributed by atoms with Crippen LogP contribution in [0.3, 0.4) is 0 Å². The van der Waals surface area contributed by atoms with E-state index in [2.05, 4.69) is 0 Å². The summed E-state index contributed by atoms with van der Waals surface area (Å²) in [5.74, 6) is -2.51. The molecule has 0 unspecified atom stereocenters. The Kier molecular flexibility index (Phi) is 12.3. The van der Waals surface area contributed by atoms with Crippen molar-refractivity contribution in [3.05, 3.63) is 12.2 Å². The van der Waals surface area contributed by atoms with Crippen LogP contribution < -0.4 is 0 Å².